The van der Waals surface area contributed by atoms with E-state index in [1.54, 1.807) is 35.6 Å². The first-order valence-electron chi connectivity index (χ1n) is 13.4. The SMILES string of the molecule is Cc1c(C(=O)N[C@H]2C[C@H](C(=O)NC3CCCC3)N(c3ccc4nccn4n3)C2)c(=O)n(-c2ccccc2)n1C. The minimum atomic E-state index is -0.498. The summed E-state index contributed by atoms with van der Waals surface area (Å²) in [6.45, 7) is 2.15. The quantitative estimate of drug-likeness (QED) is 0.395. The third-order valence-corrected chi connectivity index (χ3v) is 7.96. The number of nitrogens with zero attached hydrogens (tertiary/aromatic N) is 6. The fraction of sp³-hybridized carbons (Fsp3) is 0.393. The van der Waals surface area contributed by atoms with Gasteiger partial charge in [-0.25, -0.2) is 14.2 Å². The van der Waals surface area contributed by atoms with E-state index in [2.05, 4.69) is 20.7 Å². The molecule has 0 spiro atoms. The van der Waals surface area contributed by atoms with Gasteiger partial charge in [0, 0.05) is 38.1 Å². The molecule has 4 aromatic rings. The zero-order chi connectivity index (χ0) is 27.1. The Morgan fingerprint density at radius 2 is 1.77 bits per heavy atom. The van der Waals surface area contributed by atoms with E-state index in [0.717, 1.165) is 25.7 Å². The second-order valence-corrected chi connectivity index (χ2v) is 10.4. The number of para-hydroxylation sites is 1. The Morgan fingerprint density at radius 3 is 2.54 bits per heavy atom. The van der Waals surface area contributed by atoms with E-state index in [0.29, 0.717) is 35.8 Å². The Labute approximate surface area is 225 Å². The first kappa shape index (κ1) is 24.9. The van der Waals surface area contributed by atoms with Gasteiger partial charge < -0.3 is 15.5 Å². The van der Waals surface area contributed by atoms with Crippen LogP contribution in [0.15, 0.2) is 59.7 Å². The molecule has 2 amide bonds. The smallest absolute Gasteiger partial charge is 0.284 e. The van der Waals surface area contributed by atoms with E-state index in [4.69, 9.17) is 0 Å². The summed E-state index contributed by atoms with van der Waals surface area (Å²) in [4.78, 5) is 46.5. The van der Waals surface area contributed by atoms with Crippen LogP contribution in [0.25, 0.3) is 11.3 Å². The molecule has 2 aliphatic rings. The fourth-order valence-electron chi connectivity index (χ4n) is 5.86. The van der Waals surface area contributed by atoms with E-state index in [1.807, 2.05) is 47.4 Å². The van der Waals surface area contributed by atoms with Gasteiger partial charge in [0.2, 0.25) is 5.91 Å². The lowest BCUT2D eigenvalue weighted by Gasteiger charge is -2.26. The van der Waals surface area contributed by atoms with Crippen LogP contribution in [0.2, 0.25) is 0 Å². The molecule has 11 heteroatoms. The lowest BCUT2D eigenvalue weighted by atomic mass is 10.1. The van der Waals surface area contributed by atoms with Crippen molar-refractivity contribution in [1.82, 2.24) is 34.6 Å². The zero-order valence-corrected chi connectivity index (χ0v) is 22.1. The van der Waals surface area contributed by atoms with Crippen LogP contribution in [-0.4, -0.2) is 60.4 Å². The average molecular weight is 529 g/mol. The normalized spacial score (nSPS) is 19.6. The molecule has 1 aromatic carbocycles. The van der Waals surface area contributed by atoms with Crippen molar-refractivity contribution in [2.24, 2.45) is 7.05 Å². The van der Waals surface area contributed by atoms with Crippen molar-refractivity contribution in [2.45, 2.75) is 57.2 Å². The molecule has 0 radical (unpaired) electrons. The predicted molar refractivity (Wildman–Crippen MR) is 146 cm³/mol. The predicted octanol–water partition coefficient (Wildman–Crippen LogP) is 1.96. The van der Waals surface area contributed by atoms with Crippen molar-refractivity contribution < 1.29 is 9.59 Å². The first-order chi connectivity index (χ1) is 18.9. The van der Waals surface area contributed by atoms with Crippen LogP contribution in [-0.2, 0) is 11.8 Å². The number of carbonyl (C=O) groups excluding carboxylic acids is 2. The minimum Gasteiger partial charge on any atom is -0.352 e. The number of imidazole rings is 1. The van der Waals surface area contributed by atoms with Gasteiger partial charge in [-0.05, 0) is 50.5 Å². The van der Waals surface area contributed by atoms with Gasteiger partial charge in [-0.3, -0.25) is 19.1 Å². The number of amides is 2. The van der Waals surface area contributed by atoms with Crippen molar-refractivity contribution in [2.75, 3.05) is 11.4 Å². The summed E-state index contributed by atoms with van der Waals surface area (Å²) in [6.07, 6.45) is 8.05. The molecule has 2 fully saturated rings. The summed E-state index contributed by atoms with van der Waals surface area (Å²) in [5, 5.41) is 10.9. The van der Waals surface area contributed by atoms with Crippen LogP contribution in [0.5, 0.6) is 0 Å². The Kier molecular flexibility index (Phi) is 6.41. The Hall–Kier alpha value is -4.41. The molecule has 1 aliphatic heterocycles. The van der Waals surface area contributed by atoms with Crippen LogP contribution >= 0.6 is 0 Å². The summed E-state index contributed by atoms with van der Waals surface area (Å²) in [5.41, 5.74) is 1.69. The number of nitrogens with one attached hydrogen (secondary N) is 2. The molecule has 1 saturated carbocycles. The molecule has 39 heavy (non-hydrogen) atoms. The number of anilines is 1. The monoisotopic (exact) mass is 528 g/mol. The summed E-state index contributed by atoms with van der Waals surface area (Å²) < 4.78 is 4.86. The summed E-state index contributed by atoms with van der Waals surface area (Å²) in [6, 6.07) is 12.3. The number of aromatic nitrogens is 5. The molecule has 11 nitrogen and oxygen atoms in total. The highest BCUT2D eigenvalue weighted by molar-refractivity contribution is 5.95. The maximum Gasteiger partial charge on any atom is 0.284 e. The van der Waals surface area contributed by atoms with Crippen LogP contribution in [0.1, 0.15) is 48.2 Å². The fourth-order valence-corrected chi connectivity index (χ4v) is 5.86. The van der Waals surface area contributed by atoms with Gasteiger partial charge in [0.1, 0.15) is 17.4 Å². The summed E-state index contributed by atoms with van der Waals surface area (Å²) >= 11 is 0. The third-order valence-electron chi connectivity index (χ3n) is 7.96. The molecule has 6 rings (SSSR count). The second kappa shape index (κ2) is 10.0. The summed E-state index contributed by atoms with van der Waals surface area (Å²) in [7, 11) is 1.76. The number of benzene rings is 1. The van der Waals surface area contributed by atoms with Gasteiger partial charge in [0.25, 0.3) is 11.5 Å². The van der Waals surface area contributed by atoms with Crippen LogP contribution < -0.4 is 21.1 Å². The van der Waals surface area contributed by atoms with E-state index in [-0.39, 0.29) is 29.1 Å². The van der Waals surface area contributed by atoms with Crippen molar-refractivity contribution in [3.05, 3.63) is 76.5 Å². The lowest BCUT2D eigenvalue weighted by Crippen LogP contribution is -2.46. The number of rotatable bonds is 6. The van der Waals surface area contributed by atoms with E-state index in [1.165, 1.54) is 4.68 Å². The number of carbonyl (C=O) groups is 2. The lowest BCUT2D eigenvalue weighted by molar-refractivity contribution is -0.122. The molecule has 202 valence electrons. The molecule has 1 saturated heterocycles. The highest BCUT2D eigenvalue weighted by Gasteiger charge is 2.40. The van der Waals surface area contributed by atoms with E-state index < -0.39 is 11.9 Å². The maximum absolute atomic E-state index is 13.5. The largest absolute Gasteiger partial charge is 0.352 e. The molecular weight excluding hydrogens is 496 g/mol. The average Bonchev–Trinajstić information content (AvgIpc) is 3.72. The molecule has 2 N–H and O–H groups in total. The highest BCUT2D eigenvalue weighted by atomic mass is 16.2. The second-order valence-electron chi connectivity index (χ2n) is 10.4. The Morgan fingerprint density at radius 1 is 1.00 bits per heavy atom. The van der Waals surface area contributed by atoms with Crippen molar-refractivity contribution in [1.29, 1.82) is 0 Å². The number of hydrogen-bond acceptors (Lipinski definition) is 6. The van der Waals surface area contributed by atoms with Crippen LogP contribution in [0.3, 0.4) is 0 Å². The minimum absolute atomic E-state index is 0.0616. The van der Waals surface area contributed by atoms with Crippen LogP contribution in [0, 0.1) is 6.92 Å². The topological polar surface area (TPSA) is 119 Å². The van der Waals surface area contributed by atoms with Gasteiger partial charge in [0.15, 0.2) is 5.65 Å². The van der Waals surface area contributed by atoms with E-state index in [9.17, 15) is 14.4 Å². The zero-order valence-electron chi connectivity index (χ0n) is 22.1. The first-order valence-corrected chi connectivity index (χ1v) is 13.4. The van der Waals surface area contributed by atoms with Crippen molar-refractivity contribution >= 4 is 23.3 Å². The molecule has 2 atom stereocenters. The van der Waals surface area contributed by atoms with Crippen LogP contribution in [0.4, 0.5) is 5.82 Å². The summed E-state index contributed by atoms with van der Waals surface area (Å²) in [5.74, 6) is 0.127. The number of hydrogen-bond donors (Lipinski definition) is 2. The maximum atomic E-state index is 13.5. The number of fused-ring (bicyclic) bond motifs is 1. The van der Waals surface area contributed by atoms with Crippen molar-refractivity contribution in [3.63, 3.8) is 0 Å². The van der Waals surface area contributed by atoms with Crippen molar-refractivity contribution in [3.8, 4) is 5.69 Å². The van der Waals surface area contributed by atoms with Gasteiger partial charge in [-0.1, -0.05) is 31.0 Å². The van der Waals surface area contributed by atoms with Gasteiger partial charge in [0.05, 0.1) is 11.4 Å². The Balaban J connectivity index is 1.26. The molecule has 4 heterocycles. The molecule has 1 aliphatic carbocycles. The Bertz CT molecular complexity index is 1580. The standard InChI is InChI=1S/C28H32N8O3/c1-18-25(28(39)36(33(18)2)21-10-4-3-5-11-21)27(38)31-20-16-22(26(37)30-19-8-6-7-9-19)34(17-20)24-13-12-23-29-14-15-35(23)32-24/h3-5,10-15,19-20,22H,6-9,16-17H2,1-2H3,(H,30,37)(H,31,38)/t20-,22+/m0/s1. The highest BCUT2D eigenvalue weighted by Crippen LogP contribution is 2.26. The van der Waals surface area contributed by atoms with Gasteiger partial charge >= 0.3 is 0 Å². The molecule has 0 unspecified atom stereocenters. The molecular formula is C28H32N8O3. The molecule has 3 aromatic heterocycles. The van der Waals surface area contributed by atoms with Gasteiger partial charge in [-0.2, -0.15) is 0 Å². The molecule has 0 bridgehead atoms. The van der Waals surface area contributed by atoms with E-state index >= 15 is 0 Å². The third kappa shape index (κ3) is 4.58. The van der Waals surface area contributed by atoms with Gasteiger partial charge in [-0.15, -0.1) is 5.10 Å².